The highest BCUT2D eigenvalue weighted by Crippen LogP contribution is 2.34. The first kappa shape index (κ1) is 17.2. The molecule has 5 nitrogen and oxygen atoms in total. The SMILES string of the molecule is Cc1ccc(C2CC(C)N(S(=O)(=O)Cc3noc4ccccc34)C2)cc1. The van der Waals surface area contributed by atoms with Gasteiger partial charge < -0.3 is 4.52 Å². The standard InChI is InChI=1S/C20H22N2O3S/c1-14-7-9-16(10-8-14)17-11-15(2)22(12-17)26(23,24)13-19-18-5-3-4-6-20(18)25-21-19/h3-10,15,17H,11-13H2,1-2H3. The van der Waals surface area contributed by atoms with Gasteiger partial charge in [-0.1, -0.05) is 47.1 Å². The van der Waals surface area contributed by atoms with Crippen LogP contribution in [0.25, 0.3) is 11.0 Å². The summed E-state index contributed by atoms with van der Waals surface area (Å²) in [6.07, 6.45) is 0.835. The molecular formula is C20H22N2O3S. The van der Waals surface area contributed by atoms with Crippen LogP contribution in [-0.2, 0) is 15.8 Å². The summed E-state index contributed by atoms with van der Waals surface area (Å²) in [7, 11) is -3.46. The number of fused-ring (bicyclic) bond motifs is 1. The van der Waals surface area contributed by atoms with Crippen LogP contribution in [0, 0.1) is 6.92 Å². The van der Waals surface area contributed by atoms with E-state index < -0.39 is 10.0 Å². The van der Waals surface area contributed by atoms with Crippen LogP contribution >= 0.6 is 0 Å². The van der Waals surface area contributed by atoms with E-state index in [1.165, 1.54) is 11.1 Å². The summed E-state index contributed by atoms with van der Waals surface area (Å²) in [6.45, 7) is 4.55. The van der Waals surface area contributed by atoms with E-state index in [2.05, 4.69) is 36.3 Å². The molecule has 136 valence electrons. The number of aryl methyl sites for hydroxylation is 1. The van der Waals surface area contributed by atoms with Crippen molar-refractivity contribution in [1.29, 1.82) is 0 Å². The Morgan fingerprint density at radius 2 is 1.88 bits per heavy atom. The number of benzene rings is 2. The van der Waals surface area contributed by atoms with E-state index >= 15 is 0 Å². The van der Waals surface area contributed by atoms with Crippen LogP contribution in [0.5, 0.6) is 0 Å². The summed E-state index contributed by atoms with van der Waals surface area (Å²) in [6, 6.07) is 15.7. The highest BCUT2D eigenvalue weighted by atomic mass is 32.2. The van der Waals surface area contributed by atoms with Gasteiger partial charge in [0.1, 0.15) is 11.4 Å². The first-order chi connectivity index (χ1) is 12.4. The van der Waals surface area contributed by atoms with Gasteiger partial charge in [-0.15, -0.1) is 0 Å². The van der Waals surface area contributed by atoms with Gasteiger partial charge in [0.25, 0.3) is 0 Å². The Hall–Kier alpha value is -2.18. The van der Waals surface area contributed by atoms with Crippen LogP contribution in [0.15, 0.2) is 53.1 Å². The Kier molecular flexibility index (Phi) is 4.32. The van der Waals surface area contributed by atoms with E-state index in [-0.39, 0.29) is 17.7 Å². The van der Waals surface area contributed by atoms with Crippen LogP contribution in [0.3, 0.4) is 0 Å². The second-order valence-corrected chi connectivity index (χ2v) is 9.07. The van der Waals surface area contributed by atoms with Gasteiger partial charge in [-0.3, -0.25) is 0 Å². The minimum Gasteiger partial charge on any atom is -0.356 e. The first-order valence-corrected chi connectivity index (χ1v) is 10.4. The lowest BCUT2D eigenvalue weighted by Gasteiger charge is -2.20. The van der Waals surface area contributed by atoms with E-state index in [1.807, 2.05) is 25.1 Å². The van der Waals surface area contributed by atoms with Gasteiger partial charge in [0, 0.05) is 18.0 Å². The Balaban J connectivity index is 1.56. The van der Waals surface area contributed by atoms with Crippen LogP contribution in [0.2, 0.25) is 0 Å². The maximum absolute atomic E-state index is 13.0. The lowest BCUT2D eigenvalue weighted by Crippen LogP contribution is -2.35. The van der Waals surface area contributed by atoms with Crippen molar-refractivity contribution in [2.24, 2.45) is 0 Å². The van der Waals surface area contributed by atoms with E-state index in [0.717, 1.165) is 11.8 Å². The molecule has 6 heteroatoms. The molecule has 0 bridgehead atoms. The third-order valence-electron chi connectivity index (χ3n) is 5.19. The zero-order valence-electron chi connectivity index (χ0n) is 14.9. The van der Waals surface area contributed by atoms with Crippen molar-refractivity contribution in [2.45, 2.75) is 38.0 Å². The van der Waals surface area contributed by atoms with Crippen molar-refractivity contribution in [3.63, 3.8) is 0 Å². The Morgan fingerprint density at radius 1 is 1.15 bits per heavy atom. The maximum Gasteiger partial charge on any atom is 0.220 e. The number of hydrogen-bond acceptors (Lipinski definition) is 4. The largest absolute Gasteiger partial charge is 0.356 e. The Bertz CT molecular complexity index is 1020. The average molecular weight is 370 g/mol. The second kappa shape index (κ2) is 6.52. The minimum absolute atomic E-state index is 0.0236. The molecule has 0 radical (unpaired) electrons. The molecule has 1 fully saturated rings. The summed E-state index contributed by atoms with van der Waals surface area (Å²) in [5, 5.41) is 4.75. The summed E-state index contributed by atoms with van der Waals surface area (Å²) in [5.41, 5.74) is 3.51. The van der Waals surface area contributed by atoms with E-state index in [4.69, 9.17) is 4.52 Å². The lowest BCUT2D eigenvalue weighted by atomic mass is 9.96. The number of rotatable bonds is 4. The normalized spacial score (nSPS) is 21.5. The molecule has 1 aliphatic rings. The van der Waals surface area contributed by atoms with Crippen molar-refractivity contribution >= 4 is 21.0 Å². The number of nitrogens with zero attached hydrogens (tertiary/aromatic N) is 2. The van der Waals surface area contributed by atoms with Crippen LogP contribution in [0.4, 0.5) is 0 Å². The monoisotopic (exact) mass is 370 g/mol. The maximum atomic E-state index is 13.0. The molecule has 2 atom stereocenters. The molecule has 26 heavy (non-hydrogen) atoms. The summed E-state index contributed by atoms with van der Waals surface area (Å²) < 4.78 is 32.9. The molecule has 1 aliphatic heterocycles. The first-order valence-electron chi connectivity index (χ1n) is 8.83. The van der Waals surface area contributed by atoms with E-state index in [9.17, 15) is 8.42 Å². The minimum atomic E-state index is -3.46. The number of hydrogen-bond donors (Lipinski definition) is 0. The van der Waals surface area contributed by atoms with Crippen LogP contribution in [0.1, 0.15) is 36.1 Å². The molecule has 0 saturated carbocycles. The Morgan fingerprint density at radius 3 is 2.65 bits per heavy atom. The molecule has 3 aromatic rings. The van der Waals surface area contributed by atoms with Gasteiger partial charge >= 0.3 is 0 Å². The fourth-order valence-electron chi connectivity index (χ4n) is 3.77. The molecule has 1 aromatic heterocycles. The Labute approximate surface area is 153 Å². The van der Waals surface area contributed by atoms with Gasteiger partial charge in [0.05, 0.1) is 0 Å². The van der Waals surface area contributed by atoms with Crippen molar-refractivity contribution in [2.75, 3.05) is 6.54 Å². The predicted molar refractivity (Wildman–Crippen MR) is 101 cm³/mol. The van der Waals surface area contributed by atoms with Gasteiger partial charge in [-0.05, 0) is 43.9 Å². The van der Waals surface area contributed by atoms with Crippen molar-refractivity contribution in [3.8, 4) is 0 Å². The molecule has 0 N–H and O–H groups in total. The quantitative estimate of drug-likeness (QED) is 0.700. The lowest BCUT2D eigenvalue weighted by molar-refractivity contribution is 0.404. The van der Waals surface area contributed by atoms with Crippen LogP contribution < -0.4 is 0 Å². The highest BCUT2D eigenvalue weighted by molar-refractivity contribution is 7.88. The molecule has 1 saturated heterocycles. The zero-order chi connectivity index (χ0) is 18.3. The topological polar surface area (TPSA) is 63.4 Å². The molecule has 0 aliphatic carbocycles. The second-order valence-electron chi connectivity index (χ2n) is 7.14. The van der Waals surface area contributed by atoms with E-state index in [0.29, 0.717) is 17.8 Å². The number of aromatic nitrogens is 1. The molecule has 2 aromatic carbocycles. The third kappa shape index (κ3) is 3.15. The molecular weight excluding hydrogens is 348 g/mol. The fourth-order valence-corrected chi connectivity index (χ4v) is 5.53. The molecule has 2 unspecified atom stereocenters. The van der Waals surface area contributed by atoms with Gasteiger partial charge in [-0.25, -0.2) is 8.42 Å². The van der Waals surface area contributed by atoms with Crippen molar-refractivity contribution in [1.82, 2.24) is 9.46 Å². The van der Waals surface area contributed by atoms with E-state index in [1.54, 1.807) is 10.4 Å². The number of para-hydroxylation sites is 1. The zero-order valence-corrected chi connectivity index (χ0v) is 15.7. The van der Waals surface area contributed by atoms with Gasteiger partial charge in [0.2, 0.25) is 10.0 Å². The molecule has 0 amide bonds. The summed E-state index contributed by atoms with van der Waals surface area (Å²) in [5.74, 6) is 0.101. The van der Waals surface area contributed by atoms with Crippen LogP contribution in [-0.4, -0.2) is 30.5 Å². The summed E-state index contributed by atoms with van der Waals surface area (Å²) >= 11 is 0. The predicted octanol–water partition coefficient (Wildman–Crippen LogP) is 3.84. The third-order valence-corrected chi connectivity index (χ3v) is 7.06. The molecule has 0 spiro atoms. The van der Waals surface area contributed by atoms with Gasteiger partial charge in [0.15, 0.2) is 5.58 Å². The van der Waals surface area contributed by atoms with Crippen molar-refractivity contribution in [3.05, 3.63) is 65.4 Å². The molecule has 4 rings (SSSR count). The highest BCUT2D eigenvalue weighted by Gasteiger charge is 2.38. The average Bonchev–Trinajstić information content (AvgIpc) is 3.20. The number of sulfonamides is 1. The van der Waals surface area contributed by atoms with Gasteiger partial charge in [-0.2, -0.15) is 4.31 Å². The summed E-state index contributed by atoms with van der Waals surface area (Å²) in [4.78, 5) is 0. The smallest absolute Gasteiger partial charge is 0.220 e. The van der Waals surface area contributed by atoms with Crippen molar-refractivity contribution < 1.29 is 12.9 Å². The fraction of sp³-hybridized carbons (Fsp3) is 0.350. The molecule has 2 heterocycles.